The van der Waals surface area contributed by atoms with E-state index < -0.39 is 9.84 Å². The number of sulfone groups is 1. The van der Waals surface area contributed by atoms with E-state index in [2.05, 4.69) is 21.2 Å². The zero-order chi connectivity index (χ0) is 11.5. The Balaban J connectivity index is 2.96. The second-order valence-electron chi connectivity index (χ2n) is 3.43. The van der Waals surface area contributed by atoms with Gasteiger partial charge in [-0.1, -0.05) is 22.0 Å². The lowest BCUT2D eigenvalue weighted by atomic mass is 10.4. The number of benzene rings is 1. The molecule has 0 saturated heterocycles. The molecule has 1 aromatic carbocycles. The Morgan fingerprint density at radius 2 is 2.13 bits per heavy atom. The van der Waals surface area contributed by atoms with Crippen LogP contribution in [0.3, 0.4) is 0 Å². The molecule has 15 heavy (non-hydrogen) atoms. The highest BCUT2D eigenvalue weighted by atomic mass is 79.9. The summed E-state index contributed by atoms with van der Waals surface area (Å²) in [7, 11) is -1.44. The molecule has 1 atom stereocenters. The monoisotopic (exact) mass is 291 g/mol. The van der Waals surface area contributed by atoms with Gasteiger partial charge in [-0.3, -0.25) is 0 Å². The lowest BCUT2D eigenvalue weighted by molar-refractivity contribution is 0.578. The van der Waals surface area contributed by atoms with Gasteiger partial charge in [0.25, 0.3) is 0 Å². The maximum absolute atomic E-state index is 11.9. The maximum Gasteiger partial charge on any atom is 0.179 e. The van der Waals surface area contributed by atoms with Crippen molar-refractivity contribution in [2.24, 2.45) is 0 Å². The number of rotatable bonds is 4. The van der Waals surface area contributed by atoms with E-state index in [0.29, 0.717) is 4.90 Å². The summed E-state index contributed by atoms with van der Waals surface area (Å²) >= 11 is 3.26. The molecule has 84 valence electrons. The molecule has 3 nitrogen and oxygen atoms in total. The molecule has 0 bridgehead atoms. The predicted molar refractivity (Wildman–Crippen MR) is 64.7 cm³/mol. The average Bonchev–Trinajstić information content (AvgIpc) is 2.17. The van der Waals surface area contributed by atoms with Gasteiger partial charge in [-0.05, 0) is 32.2 Å². The molecule has 0 aliphatic rings. The van der Waals surface area contributed by atoms with E-state index >= 15 is 0 Å². The minimum Gasteiger partial charge on any atom is -0.316 e. The number of nitrogens with one attached hydrogen (secondary N) is 1. The van der Waals surface area contributed by atoms with Gasteiger partial charge >= 0.3 is 0 Å². The van der Waals surface area contributed by atoms with Crippen molar-refractivity contribution >= 4 is 25.8 Å². The SMILES string of the molecule is CNC(C)CS(=O)(=O)c1cccc(Br)c1. The molecule has 0 fully saturated rings. The molecule has 5 heteroatoms. The summed E-state index contributed by atoms with van der Waals surface area (Å²) in [5, 5.41) is 2.91. The van der Waals surface area contributed by atoms with Crippen molar-refractivity contribution in [2.75, 3.05) is 12.8 Å². The Bertz CT molecular complexity index is 431. The van der Waals surface area contributed by atoms with E-state index in [4.69, 9.17) is 0 Å². The van der Waals surface area contributed by atoms with Crippen molar-refractivity contribution in [1.29, 1.82) is 0 Å². The Morgan fingerprint density at radius 3 is 2.67 bits per heavy atom. The van der Waals surface area contributed by atoms with Crippen LogP contribution in [0.15, 0.2) is 33.6 Å². The van der Waals surface area contributed by atoms with Crippen molar-refractivity contribution in [1.82, 2.24) is 5.32 Å². The van der Waals surface area contributed by atoms with Crippen LogP contribution < -0.4 is 5.32 Å². The van der Waals surface area contributed by atoms with Gasteiger partial charge < -0.3 is 5.32 Å². The second kappa shape index (κ2) is 5.09. The van der Waals surface area contributed by atoms with Crippen LogP contribution in [-0.4, -0.2) is 27.3 Å². The summed E-state index contributed by atoms with van der Waals surface area (Å²) < 4.78 is 24.6. The van der Waals surface area contributed by atoms with Crippen LogP contribution in [0.1, 0.15) is 6.92 Å². The molecule has 1 N–H and O–H groups in total. The summed E-state index contributed by atoms with van der Waals surface area (Å²) in [4.78, 5) is 0.360. The molecule has 0 aromatic heterocycles. The second-order valence-corrected chi connectivity index (χ2v) is 6.38. The van der Waals surface area contributed by atoms with Crippen molar-refractivity contribution in [3.05, 3.63) is 28.7 Å². The zero-order valence-electron chi connectivity index (χ0n) is 8.70. The Hall–Kier alpha value is -0.390. The first-order valence-electron chi connectivity index (χ1n) is 4.61. The van der Waals surface area contributed by atoms with E-state index in [1.807, 2.05) is 6.92 Å². The summed E-state index contributed by atoms with van der Waals surface area (Å²) in [6.45, 7) is 1.84. The average molecular weight is 292 g/mol. The highest BCUT2D eigenvalue weighted by Gasteiger charge is 2.17. The topological polar surface area (TPSA) is 46.2 Å². The van der Waals surface area contributed by atoms with E-state index in [0.717, 1.165) is 4.47 Å². The Morgan fingerprint density at radius 1 is 1.47 bits per heavy atom. The maximum atomic E-state index is 11.9. The highest BCUT2D eigenvalue weighted by molar-refractivity contribution is 9.10. The smallest absolute Gasteiger partial charge is 0.179 e. The minimum absolute atomic E-state index is 0.0472. The Labute approximate surface area is 98.9 Å². The zero-order valence-corrected chi connectivity index (χ0v) is 11.1. The first-order valence-corrected chi connectivity index (χ1v) is 7.06. The van der Waals surface area contributed by atoms with Crippen molar-refractivity contribution in [2.45, 2.75) is 17.9 Å². The fourth-order valence-corrected chi connectivity index (χ4v) is 3.33. The molecule has 1 rings (SSSR count). The van der Waals surface area contributed by atoms with E-state index in [-0.39, 0.29) is 11.8 Å². The molecule has 0 radical (unpaired) electrons. The van der Waals surface area contributed by atoms with Crippen LogP contribution in [0.2, 0.25) is 0 Å². The third-order valence-corrected chi connectivity index (χ3v) is 4.52. The van der Waals surface area contributed by atoms with E-state index in [1.165, 1.54) is 0 Å². The highest BCUT2D eigenvalue weighted by Crippen LogP contribution is 2.17. The number of hydrogen-bond donors (Lipinski definition) is 1. The molecule has 0 aliphatic heterocycles. The lowest BCUT2D eigenvalue weighted by Gasteiger charge is -2.10. The van der Waals surface area contributed by atoms with Gasteiger partial charge in [0.05, 0.1) is 10.6 Å². The first-order chi connectivity index (χ1) is 6.95. The normalized spacial score (nSPS) is 13.8. The van der Waals surface area contributed by atoms with Crippen molar-refractivity contribution in [3.63, 3.8) is 0 Å². The Kier molecular flexibility index (Phi) is 4.31. The molecule has 0 aliphatic carbocycles. The van der Waals surface area contributed by atoms with Crippen LogP contribution >= 0.6 is 15.9 Å². The molecule has 0 heterocycles. The third-order valence-electron chi connectivity index (χ3n) is 2.12. The van der Waals surface area contributed by atoms with E-state index in [9.17, 15) is 8.42 Å². The third kappa shape index (κ3) is 3.59. The van der Waals surface area contributed by atoms with Gasteiger partial charge in [0.1, 0.15) is 0 Å². The van der Waals surface area contributed by atoms with Gasteiger partial charge in [-0.2, -0.15) is 0 Å². The molecular weight excluding hydrogens is 278 g/mol. The fraction of sp³-hybridized carbons (Fsp3) is 0.400. The molecule has 0 saturated carbocycles. The van der Waals surface area contributed by atoms with Gasteiger partial charge in [0.15, 0.2) is 9.84 Å². The minimum atomic E-state index is -3.19. The van der Waals surface area contributed by atoms with Crippen LogP contribution in [0, 0.1) is 0 Å². The molecule has 1 unspecified atom stereocenters. The lowest BCUT2D eigenvalue weighted by Crippen LogP contribution is -2.29. The van der Waals surface area contributed by atoms with Crippen molar-refractivity contribution in [3.8, 4) is 0 Å². The van der Waals surface area contributed by atoms with E-state index in [1.54, 1.807) is 31.3 Å². The van der Waals surface area contributed by atoms with Gasteiger partial charge in [-0.15, -0.1) is 0 Å². The van der Waals surface area contributed by atoms with Crippen LogP contribution in [0.5, 0.6) is 0 Å². The molecule has 1 aromatic rings. The quantitative estimate of drug-likeness (QED) is 0.921. The summed E-state index contributed by atoms with van der Waals surface area (Å²) in [5.41, 5.74) is 0. The van der Waals surface area contributed by atoms with Gasteiger partial charge in [0.2, 0.25) is 0 Å². The predicted octanol–water partition coefficient (Wildman–Crippen LogP) is 1.83. The first kappa shape index (κ1) is 12.7. The standard InChI is InChI=1S/C10H14BrNO2S/c1-8(12-2)7-15(13,14)10-5-3-4-9(11)6-10/h3-6,8,12H,7H2,1-2H3. The number of hydrogen-bond acceptors (Lipinski definition) is 3. The van der Waals surface area contributed by atoms with Crippen LogP contribution in [0.4, 0.5) is 0 Å². The molecule has 0 spiro atoms. The van der Waals surface area contributed by atoms with Gasteiger partial charge in [0, 0.05) is 10.5 Å². The van der Waals surface area contributed by atoms with Crippen LogP contribution in [0.25, 0.3) is 0 Å². The van der Waals surface area contributed by atoms with Crippen LogP contribution in [-0.2, 0) is 9.84 Å². The summed E-state index contributed by atoms with van der Waals surface area (Å²) in [6.07, 6.45) is 0. The molecular formula is C10H14BrNO2S. The largest absolute Gasteiger partial charge is 0.316 e. The fourth-order valence-electron chi connectivity index (χ4n) is 1.17. The molecule has 0 amide bonds. The van der Waals surface area contributed by atoms with Gasteiger partial charge in [-0.25, -0.2) is 8.42 Å². The van der Waals surface area contributed by atoms with Crippen molar-refractivity contribution < 1.29 is 8.42 Å². The summed E-state index contributed by atoms with van der Waals surface area (Å²) in [5.74, 6) is 0.111. The summed E-state index contributed by atoms with van der Waals surface area (Å²) in [6, 6.07) is 6.72. The number of halogens is 1.